The van der Waals surface area contributed by atoms with E-state index < -0.39 is 11.4 Å². The molecule has 0 aliphatic heterocycles. The third-order valence-electron chi connectivity index (χ3n) is 3.42. The minimum absolute atomic E-state index is 0.162. The van der Waals surface area contributed by atoms with Crippen LogP contribution in [0.4, 0.5) is 4.39 Å². The zero-order valence-corrected chi connectivity index (χ0v) is 12.4. The standard InChI is InChI=1S/C17H19FO3/c1-17(19,11-12-6-4-7-13(10-12)20-2)16-14(18)8-5-9-15(16)21-3/h4-10,19H,11H2,1-3H3. The summed E-state index contributed by atoms with van der Waals surface area (Å²) >= 11 is 0. The van der Waals surface area contributed by atoms with Crippen LogP contribution in [0.25, 0.3) is 0 Å². The fraction of sp³-hybridized carbons (Fsp3) is 0.294. The zero-order valence-electron chi connectivity index (χ0n) is 12.4. The van der Waals surface area contributed by atoms with Crippen molar-refractivity contribution in [2.75, 3.05) is 14.2 Å². The van der Waals surface area contributed by atoms with Crippen molar-refractivity contribution in [3.63, 3.8) is 0 Å². The van der Waals surface area contributed by atoms with E-state index in [1.807, 2.05) is 24.3 Å². The maximum Gasteiger partial charge on any atom is 0.133 e. The van der Waals surface area contributed by atoms with E-state index in [2.05, 4.69) is 0 Å². The lowest BCUT2D eigenvalue weighted by Crippen LogP contribution is -2.26. The minimum Gasteiger partial charge on any atom is -0.497 e. The summed E-state index contributed by atoms with van der Waals surface area (Å²) in [6.45, 7) is 1.58. The first-order chi connectivity index (χ1) is 9.97. The quantitative estimate of drug-likeness (QED) is 0.918. The Bertz CT molecular complexity index is 623. The smallest absolute Gasteiger partial charge is 0.133 e. The molecule has 2 aromatic rings. The monoisotopic (exact) mass is 290 g/mol. The van der Waals surface area contributed by atoms with Crippen LogP contribution in [0.2, 0.25) is 0 Å². The van der Waals surface area contributed by atoms with Gasteiger partial charge < -0.3 is 14.6 Å². The highest BCUT2D eigenvalue weighted by atomic mass is 19.1. The summed E-state index contributed by atoms with van der Waals surface area (Å²) in [7, 11) is 3.04. The van der Waals surface area contributed by atoms with Crippen LogP contribution in [-0.4, -0.2) is 19.3 Å². The fourth-order valence-corrected chi connectivity index (χ4v) is 2.47. The van der Waals surface area contributed by atoms with Gasteiger partial charge in [-0.25, -0.2) is 4.39 Å². The van der Waals surface area contributed by atoms with Crippen molar-refractivity contribution >= 4 is 0 Å². The second-order valence-corrected chi connectivity index (χ2v) is 5.12. The van der Waals surface area contributed by atoms with Crippen molar-refractivity contribution in [1.29, 1.82) is 0 Å². The third kappa shape index (κ3) is 3.34. The summed E-state index contributed by atoms with van der Waals surface area (Å²) in [6.07, 6.45) is 0.251. The molecule has 112 valence electrons. The molecule has 0 saturated heterocycles. The summed E-state index contributed by atoms with van der Waals surface area (Å²) in [5.74, 6) is 0.550. The van der Waals surface area contributed by atoms with Gasteiger partial charge in [-0.05, 0) is 36.8 Å². The van der Waals surface area contributed by atoms with E-state index in [0.717, 1.165) is 5.56 Å². The van der Waals surface area contributed by atoms with Gasteiger partial charge in [-0.3, -0.25) is 0 Å². The number of methoxy groups -OCH3 is 2. The first-order valence-electron chi connectivity index (χ1n) is 6.66. The normalized spacial score (nSPS) is 13.6. The molecule has 0 aromatic heterocycles. The van der Waals surface area contributed by atoms with E-state index in [9.17, 15) is 9.50 Å². The Morgan fingerprint density at radius 1 is 1.10 bits per heavy atom. The molecule has 1 unspecified atom stereocenters. The number of hydrogen-bond acceptors (Lipinski definition) is 3. The van der Waals surface area contributed by atoms with Crippen LogP contribution in [0.1, 0.15) is 18.1 Å². The SMILES string of the molecule is COc1cccc(CC(C)(O)c2c(F)cccc2OC)c1. The minimum atomic E-state index is -1.39. The van der Waals surface area contributed by atoms with Gasteiger partial charge in [0, 0.05) is 6.42 Å². The van der Waals surface area contributed by atoms with E-state index in [0.29, 0.717) is 11.5 Å². The van der Waals surface area contributed by atoms with Crippen LogP contribution in [0, 0.1) is 5.82 Å². The Hall–Kier alpha value is -2.07. The molecular formula is C17H19FO3. The average Bonchev–Trinajstić information content (AvgIpc) is 2.46. The van der Waals surface area contributed by atoms with Crippen molar-refractivity contribution < 1.29 is 19.0 Å². The lowest BCUT2D eigenvalue weighted by Gasteiger charge is -2.26. The Labute approximate surface area is 124 Å². The Morgan fingerprint density at radius 2 is 1.81 bits per heavy atom. The highest BCUT2D eigenvalue weighted by molar-refractivity contribution is 5.40. The molecule has 2 rings (SSSR count). The second-order valence-electron chi connectivity index (χ2n) is 5.12. The molecule has 0 saturated carbocycles. The number of aliphatic hydroxyl groups is 1. The molecule has 0 aliphatic carbocycles. The number of rotatable bonds is 5. The van der Waals surface area contributed by atoms with Gasteiger partial charge in [0.2, 0.25) is 0 Å². The topological polar surface area (TPSA) is 38.7 Å². The first kappa shape index (κ1) is 15.3. The molecule has 0 bridgehead atoms. The highest BCUT2D eigenvalue weighted by Gasteiger charge is 2.30. The van der Waals surface area contributed by atoms with Crippen molar-refractivity contribution in [1.82, 2.24) is 0 Å². The molecule has 1 N–H and O–H groups in total. The van der Waals surface area contributed by atoms with E-state index in [1.54, 1.807) is 26.2 Å². The van der Waals surface area contributed by atoms with E-state index in [1.165, 1.54) is 13.2 Å². The molecule has 0 aliphatic rings. The van der Waals surface area contributed by atoms with Crippen molar-refractivity contribution in [3.05, 3.63) is 59.4 Å². The largest absolute Gasteiger partial charge is 0.497 e. The van der Waals surface area contributed by atoms with Gasteiger partial charge >= 0.3 is 0 Å². The number of hydrogen-bond donors (Lipinski definition) is 1. The summed E-state index contributed by atoms with van der Waals surface area (Å²) in [6, 6.07) is 11.9. The Morgan fingerprint density at radius 3 is 2.48 bits per heavy atom. The van der Waals surface area contributed by atoms with E-state index >= 15 is 0 Å². The molecule has 0 spiro atoms. The molecule has 21 heavy (non-hydrogen) atoms. The number of ether oxygens (including phenoxy) is 2. The third-order valence-corrected chi connectivity index (χ3v) is 3.42. The van der Waals surface area contributed by atoms with Gasteiger partial charge in [-0.15, -0.1) is 0 Å². The van der Waals surface area contributed by atoms with Crippen LogP contribution in [0.15, 0.2) is 42.5 Å². The fourth-order valence-electron chi connectivity index (χ4n) is 2.47. The molecule has 0 radical (unpaired) electrons. The van der Waals surface area contributed by atoms with Gasteiger partial charge in [-0.1, -0.05) is 18.2 Å². The lowest BCUT2D eigenvalue weighted by molar-refractivity contribution is 0.0509. The zero-order chi connectivity index (χ0) is 15.5. The maximum atomic E-state index is 14.1. The van der Waals surface area contributed by atoms with Crippen molar-refractivity contribution in [3.8, 4) is 11.5 Å². The average molecular weight is 290 g/mol. The maximum absolute atomic E-state index is 14.1. The Kier molecular flexibility index (Phi) is 4.48. The van der Waals surface area contributed by atoms with Gasteiger partial charge in [0.25, 0.3) is 0 Å². The van der Waals surface area contributed by atoms with Crippen LogP contribution in [0.5, 0.6) is 11.5 Å². The first-order valence-corrected chi connectivity index (χ1v) is 6.66. The van der Waals surface area contributed by atoms with Gasteiger partial charge in [0.1, 0.15) is 17.3 Å². The molecule has 2 aromatic carbocycles. The van der Waals surface area contributed by atoms with Crippen LogP contribution >= 0.6 is 0 Å². The summed E-state index contributed by atoms with van der Waals surface area (Å²) in [5.41, 5.74) is -0.372. The van der Waals surface area contributed by atoms with E-state index in [-0.39, 0.29) is 12.0 Å². The lowest BCUT2D eigenvalue weighted by atomic mass is 9.88. The summed E-state index contributed by atoms with van der Waals surface area (Å²) in [5, 5.41) is 10.7. The predicted molar refractivity (Wildman–Crippen MR) is 79.2 cm³/mol. The van der Waals surface area contributed by atoms with Crippen molar-refractivity contribution in [2.24, 2.45) is 0 Å². The molecule has 0 amide bonds. The van der Waals surface area contributed by atoms with Gasteiger partial charge in [0.05, 0.1) is 25.4 Å². The van der Waals surface area contributed by atoms with Crippen LogP contribution < -0.4 is 9.47 Å². The summed E-state index contributed by atoms with van der Waals surface area (Å²) < 4.78 is 24.4. The van der Waals surface area contributed by atoms with Crippen LogP contribution in [-0.2, 0) is 12.0 Å². The molecule has 1 atom stereocenters. The van der Waals surface area contributed by atoms with Crippen LogP contribution in [0.3, 0.4) is 0 Å². The second kappa shape index (κ2) is 6.14. The molecule has 0 fully saturated rings. The highest BCUT2D eigenvalue weighted by Crippen LogP contribution is 2.35. The Balaban J connectivity index is 2.38. The van der Waals surface area contributed by atoms with Gasteiger partial charge in [-0.2, -0.15) is 0 Å². The van der Waals surface area contributed by atoms with Crippen molar-refractivity contribution in [2.45, 2.75) is 18.9 Å². The van der Waals surface area contributed by atoms with Gasteiger partial charge in [0.15, 0.2) is 0 Å². The summed E-state index contributed by atoms with van der Waals surface area (Å²) in [4.78, 5) is 0. The molecular weight excluding hydrogens is 271 g/mol. The predicted octanol–water partition coefficient (Wildman–Crippen LogP) is 3.29. The molecule has 4 heteroatoms. The van der Waals surface area contributed by atoms with E-state index in [4.69, 9.17) is 9.47 Å². The molecule has 0 heterocycles. The number of benzene rings is 2. The molecule has 3 nitrogen and oxygen atoms in total. The number of halogens is 1.